The number of nitrogens with zero attached hydrogens (tertiary/aromatic N) is 1. The molecule has 0 aromatic rings. The van der Waals surface area contributed by atoms with E-state index in [1.807, 2.05) is 13.8 Å². The summed E-state index contributed by atoms with van der Waals surface area (Å²) in [5.74, 6) is -0.160. The van der Waals surface area contributed by atoms with E-state index in [1.54, 1.807) is 0 Å². The summed E-state index contributed by atoms with van der Waals surface area (Å²) in [5.41, 5.74) is 0. The minimum absolute atomic E-state index is 0.0579. The lowest BCUT2D eigenvalue weighted by molar-refractivity contribution is -0.149. The second-order valence-corrected chi connectivity index (χ2v) is 4.63. The van der Waals surface area contributed by atoms with Gasteiger partial charge in [0.15, 0.2) is 0 Å². The first-order valence-corrected chi connectivity index (χ1v) is 6.07. The largest absolute Gasteiger partial charge is 0.466 e. The van der Waals surface area contributed by atoms with Gasteiger partial charge in [-0.05, 0) is 20.8 Å². The number of morpholine rings is 1. The molecule has 4 heteroatoms. The van der Waals surface area contributed by atoms with Crippen molar-refractivity contribution in [1.29, 1.82) is 0 Å². The molecule has 0 amide bonds. The van der Waals surface area contributed by atoms with Crippen LogP contribution in [0.2, 0.25) is 0 Å². The molecule has 0 aliphatic carbocycles. The number of hydrogen-bond acceptors (Lipinski definition) is 4. The number of ether oxygens (including phenoxy) is 2. The Hall–Kier alpha value is -0.610. The van der Waals surface area contributed by atoms with E-state index < -0.39 is 0 Å². The highest BCUT2D eigenvalue weighted by atomic mass is 16.5. The minimum Gasteiger partial charge on any atom is -0.466 e. The molecule has 94 valence electrons. The van der Waals surface area contributed by atoms with E-state index in [0.717, 1.165) is 19.6 Å². The van der Waals surface area contributed by atoms with Crippen LogP contribution in [0.5, 0.6) is 0 Å². The molecule has 0 aromatic heterocycles. The fraction of sp³-hybridized carbons (Fsp3) is 0.917. The Bertz CT molecular complexity index is 222. The van der Waals surface area contributed by atoms with Crippen LogP contribution in [0.15, 0.2) is 0 Å². The van der Waals surface area contributed by atoms with Crippen molar-refractivity contribution in [2.45, 2.75) is 39.9 Å². The number of carbonyl (C=O) groups excluding carboxylic acids is 1. The van der Waals surface area contributed by atoms with Gasteiger partial charge in [0, 0.05) is 19.6 Å². The predicted octanol–water partition coefficient (Wildman–Crippen LogP) is 1.29. The van der Waals surface area contributed by atoms with Gasteiger partial charge in [-0.25, -0.2) is 0 Å². The van der Waals surface area contributed by atoms with Crippen LogP contribution in [0.25, 0.3) is 0 Å². The van der Waals surface area contributed by atoms with Gasteiger partial charge in [-0.15, -0.1) is 0 Å². The quantitative estimate of drug-likeness (QED) is 0.681. The molecule has 0 N–H and O–H groups in total. The van der Waals surface area contributed by atoms with Crippen LogP contribution < -0.4 is 0 Å². The molecule has 1 aliphatic rings. The molecule has 0 radical (unpaired) electrons. The molecular formula is C12H23NO3. The first-order chi connectivity index (χ1) is 7.52. The predicted molar refractivity (Wildman–Crippen MR) is 62.2 cm³/mol. The van der Waals surface area contributed by atoms with Crippen molar-refractivity contribution in [2.75, 3.05) is 26.2 Å². The van der Waals surface area contributed by atoms with Gasteiger partial charge in [0.05, 0.1) is 24.7 Å². The summed E-state index contributed by atoms with van der Waals surface area (Å²) in [4.78, 5) is 13.8. The summed E-state index contributed by atoms with van der Waals surface area (Å²) < 4.78 is 10.7. The normalized spacial score (nSPS) is 28.8. The van der Waals surface area contributed by atoms with E-state index in [-0.39, 0.29) is 24.1 Å². The Labute approximate surface area is 97.9 Å². The summed E-state index contributed by atoms with van der Waals surface area (Å²) in [5, 5.41) is 0. The molecule has 3 atom stereocenters. The van der Waals surface area contributed by atoms with Gasteiger partial charge in [0.1, 0.15) is 0 Å². The zero-order valence-electron chi connectivity index (χ0n) is 10.7. The fourth-order valence-electron chi connectivity index (χ4n) is 2.18. The highest BCUT2D eigenvalue weighted by Crippen LogP contribution is 2.13. The highest BCUT2D eigenvalue weighted by Gasteiger charge is 2.25. The van der Waals surface area contributed by atoms with Crippen LogP contribution in [0.3, 0.4) is 0 Å². The maximum atomic E-state index is 11.5. The van der Waals surface area contributed by atoms with Gasteiger partial charge < -0.3 is 9.47 Å². The number of rotatable bonds is 4. The standard InChI is InChI=1S/C12H23NO3/c1-5-15-12(14)9(2)6-13-7-10(3)16-11(4)8-13/h9-11H,5-8H2,1-4H3. The van der Waals surface area contributed by atoms with Crippen molar-refractivity contribution < 1.29 is 14.3 Å². The second kappa shape index (κ2) is 6.21. The summed E-state index contributed by atoms with van der Waals surface area (Å²) in [6, 6.07) is 0. The third-order valence-corrected chi connectivity index (χ3v) is 2.72. The average molecular weight is 229 g/mol. The minimum atomic E-state index is -0.103. The molecule has 0 spiro atoms. The summed E-state index contributed by atoms with van der Waals surface area (Å²) in [7, 11) is 0. The van der Waals surface area contributed by atoms with Crippen LogP contribution in [0, 0.1) is 5.92 Å². The molecule has 4 nitrogen and oxygen atoms in total. The molecule has 1 saturated heterocycles. The molecule has 16 heavy (non-hydrogen) atoms. The lowest BCUT2D eigenvalue weighted by Gasteiger charge is -2.36. The van der Waals surface area contributed by atoms with Crippen molar-refractivity contribution in [1.82, 2.24) is 4.90 Å². The zero-order chi connectivity index (χ0) is 12.1. The Balaban J connectivity index is 2.38. The van der Waals surface area contributed by atoms with Crippen LogP contribution in [-0.4, -0.2) is 49.3 Å². The molecule has 3 unspecified atom stereocenters. The van der Waals surface area contributed by atoms with Gasteiger partial charge in [-0.3, -0.25) is 9.69 Å². The Morgan fingerprint density at radius 1 is 1.44 bits per heavy atom. The monoisotopic (exact) mass is 229 g/mol. The van der Waals surface area contributed by atoms with Gasteiger partial charge in [0.25, 0.3) is 0 Å². The van der Waals surface area contributed by atoms with Crippen molar-refractivity contribution in [2.24, 2.45) is 5.92 Å². The number of esters is 1. The van der Waals surface area contributed by atoms with E-state index in [0.29, 0.717) is 6.61 Å². The van der Waals surface area contributed by atoms with Gasteiger partial charge in [0.2, 0.25) is 0 Å². The Kier molecular flexibility index (Phi) is 5.22. The SMILES string of the molecule is CCOC(=O)C(C)CN1CC(C)OC(C)C1. The van der Waals surface area contributed by atoms with E-state index in [2.05, 4.69) is 18.7 Å². The molecule has 0 saturated carbocycles. The number of hydrogen-bond donors (Lipinski definition) is 0. The van der Waals surface area contributed by atoms with Gasteiger partial charge in [-0.2, -0.15) is 0 Å². The van der Waals surface area contributed by atoms with Gasteiger partial charge in [-0.1, -0.05) is 6.92 Å². The summed E-state index contributed by atoms with van der Waals surface area (Å²) >= 11 is 0. The Morgan fingerprint density at radius 3 is 2.50 bits per heavy atom. The second-order valence-electron chi connectivity index (χ2n) is 4.63. The molecular weight excluding hydrogens is 206 g/mol. The van der Waals surface area contributed by atoms with Gasteiger partial charge >= 0.3 is 5.97 Å². The lowest BCUT2D eigenvalue weighted by Crippen LogP contribution is -2.47. The molecule has 0 bridgehead atoms. The first-order valence-electron chi connectivity index (χ1n) is 6.07. The molecule has 1 aliphatic heterocycles. The maximum absolute atomic E-state index is 11.5. The Morgan fingerprint density at radius 2 is 2.00 bits per heavy atom. The smallest absolute Gasteiger partial charge is 0.309 e. The van der Waals surface area contributed by atoms with Crippen LogP contribution in [0.1, 0.15) is 27.7 Å². The topological polar surface area (TPSA) is 38.8 Å². The summed E-state index contributed by atoms with van der Waals surface area (Å²) in [6.45, 7) is 10.9. The number of carbonyl (C=O) groups is 1. The van der Waals surface area contributed by atoms with Crippen LogP contribution in [0.4, 0.5) is 0 Å². The third kappa shape index (κ3) is 4.10. The van der Waals surface area contributed by atoms with Crippen molar-refractivity contribution in [3.05, 3.63) is 0 Å². The van der Waals surface area contributed by atoms with E-state index in [9.17, 15) is 4.79 Å². The highest BCUT2D eigenvalue weighted by molar-refractivity contribution is 5.72. The molecule has 1 fully saturated rings. The van der Waals surface area contributed by atoms with Crippen molar-refractivity contribution in [3.63, 3.8) is 0 Å². The first kappa shape index (κ1) is 13.5. The fourth-order valence-corrected chi connectivity index (χ4v) is 2.18. The molecule has 0 aromatic carbocycles. The zero-order valence-corrected chi connectivity index (χ0v) is 10.7. The molecule has 1 rings (SSSR count). The lowest BCUT2D eigenvalue weighted by atomic mass is 10.1. The van der Waals surface area contributed by atoms with E-state index in [4.69, 9.17) is 9.47 Å². The van der Waals surface area contributed by atoms with Crippen LogP contribution in [-0.2, 0) is 14.3 Å². The average Bonchev–Trinajstić information content (AvgIpc) is 2.16. The van der Waals surface area contributed by atoms with Crippen molar-refractivity contribution >= 4 is 5.97 Å². The van der Waals surface area contributed by atoms with E-state index >= 15 is 0 Å². The molecule has 1 heterocycles. The van der Waals surface area contributed by atoms with Crippen LogP contribution >= 0.6 is 0 Å². The van der Waals surface area contributed by atoms with Crippen molar-refractivity contribution in [3.8, 4) is 0 Å². The third-order valence-electron chi connectivity index (χ3n) is 2.72. The maximum Gasteiger partial charge on any atom is 0.309 e. The van der Waals surface area contributed by atoms with E-state index in [1.165, 1.54) is 0 Å². The summed E-state index contributed by atoms with van der Waals surface area (Å²) in [6.07, 6.45) is 0.497.